The number of nitrogens with zero attached hydrogens (tertiary/aromatic N) is 3. The molecule has 9 heteroatoms. The summed E-state index contributed by atoms with van der Waals surface area (Å²) in [5.41, 5.74) is 6.54. The van der Waals surface area contributed by atoms with Crippen molar-refractivity contribution < 1.29 is 24.5 Å². The molecule has 3 aromatic rings. The maximum Gasteiger partial charge on any atom is 0.338 e. The first-order valence-corrected chi connectivity index (χ1v) is 9.29. The largest absolute Gasteiger partial charge is 0.459 e. The fourth-order valence-electron chi connectivity index (χ4n) is 3.57. The van der Waals surface area contributed by atoms with Crippen molar-refractivity contribution in [3.8, 4) is 6.07 Å². The summed E-state index contributed by atoms with van der Waals surface area (Å²) in [4.78, 5) is 12.3. The van der Waals surface area contributed by atoms with E-state index in [2.05, 4.69) is 5.10 Å². The second-order valence-corrected chi connectivity index (χ2v) is 7.21. The smallest absolute Gasteiger partial charge is 0.338 e. The predicted octanol–water partition coefficient (Wildman–Crippen LogP) is 0.921. The van der Waals surface area contributed by atoms with Crippen molar-refractivity contribution in [1.29, 1.82) is 5.26 Å². The molecule has 1 aliphatic rings. The molecule has 9 nitrogen and oxygen atoms in total. The third-order valence-electron chi connectivity index (χ3n) is 5.26. The second kappa shape index (κ2) is 7.42. The number of hydrogen-bond donors (Lipinski definition) is 3. The number of fused-ring (bicyclic) bond motifs is 1. The fraction of sp³-hybridized carbons (Fsp3) is 0.286. The van der Waals surface area contributed by atoms with Crippen LogP contribution in [0.4, 0.5) is 5.69 Å². The number of anilines is 1. The topological polar surface area (TPSA) is 143 Å². The predicted molar refractivity (Wildman–Crippen MR) is 105 cm³/mol. The van der Waals surface area contributed by atoms with Crippen molar-refractivity contribution in [3.63, 3.8) is 0 Å². The van der Waals surface area contributed by atoms with Crippen LogP contribution in [0, 0.1) is 18.3 Å². The molecule has 0 aliphatic carbocycles. The third kappa shape index (κ3) is 3.07. The fourth-order valence-corrected chi connectivity index (χ4v) is 3.57. The van der Waals surface area contributed by atoms with Crippen molar-refractivity contribution in [2.75, 3.05) is 12.3 Å². The van der Waals surface area contributed by atoms with Crippen LogP contribution in [0.3, 0.4) is 0 Å². The molecule has 1 saturated heterocycles. The Labute approximate surface area is 171 Å². The maximum absolute atomic E-state index is 12.3. The second-order valence-electron chi connectivity index (χ2n) is 7.21. The van der Waals surface area contributed by atoms with Gasteiger partial charge >= 0.3 is 5.97 Å². The van der Waals surface area contributed by atoms with Crippen LogP contribution in [0.1, 0.15) is 21.6 Å². The number of benzene rings is 1. The van der Waals surface area contributed by atoms with E-state index in [-0.39, 0.29) is 12.3 Å². The summed E-state index contributed by atoms with van der Waals surface area (Å²) in [7, 11) is 0. The van der Waals surface area contributed by atoms with Crippen LogP contribution in [-0.4, -0.2) is 50.7 Å². The molecule has 1 aliphatic heterocycles. The zero-order chi connectivity index (χ0) is 21.5. The average Bonchev–Trinajstić information content (AvgIpc) is 3.29. The van der Waals surface area contributed by atoms with E-state index in [1.165, 1.54) is 10.7 Å². The van der Waals surface area contributed by atoms with E-state index in [0.717, 1.165) is 5.56 Å². The summed E-state index contributed by atoms with van der Waals surface area (Å²) in [6.07, 6.45) is -2.70. The number of nitrogen functional groups attached to an aromatic ring is 1. The van der Waals surface area contributed by atoms with E-state index in [1.807, 2.05) is 13.0 Å². The van der Waals surface area contributed by atoms with Crippen molar-refractivity contribution in [2.45, 2.75) is 30.8 Å². The molecular weight excluding hydrogens is 388 g/mol. The summed E-state index contributed by atoms with van der Waals surface area (Å²) < 4.78 is 12.4. The Morgan fingerprint density at radius 2 is 2.03 bits per heavy atom. The SMILES string of the molecule is Cc1ccc(C(=O)OC[C@H]2O[C@@](C#N)(c3ccc4c(N)ccnn34)[C@H](O)[C@@H]2O)cc1. The normalized spacial score (nSPS) is 25.9. The highest BCUT2D eigenvalue weighted by Crippen LogP contribution is 2.40. The molecule has 0 bridgehead atoms. The lowest BCUT2D eigenvalue weighted by molar-refractivity contribution is -0.0682. The number of aliphatic hydroxyl groups is 2. The lowest BCUT2D eigenvalue weighted by Crippen LogP contribution is -2.41. The number of hydrogen-bond acceptors (Lipinski definition) is 8. The Hall–Kier alpha value is -3.45. The van der Waals surface area contributed by atoms with Crippen LogP contribution < -0.4 is 5.73 Å². The van der Waals surface area contributed by atoms with Crippen LogP contribution in [0.25, 0.3) is 5.52 Å². The lowest BCUT2D eigenvalue weighted by Gasteiger charge is -2.24. The molecule has 4 N–H and O–H groups in total. The first-order valence-electron chi connectivity index (χ1n) is 9.29. The van der Waals surface area contributed by atoms with Gasteiger partial charge in [0.25, 0.3) is 0 Å². The highest BCUT2D eigenvalue weighted by atomic mass is 16.6. The van der Waals surface area contributed by atoms with Crippen LogP contribution in [0.2, 0.25) is 0 Å². The minimum atomic E-state index is -1.91. The van der Waals surface area contributed by atoms with E-state index < -0.39 is 29.9 Å². The number of aryl methyl sites for hydroxylation is 1. The monoisotopic (exact) mass is 408 g/mol. The molecule has 0 spiro atoms. The van der Waals surface area contributed by atoms with E-state index in [1.54, 1.807) is 42.5 Å². The van der Waals surface area contributed by atoms with Crippen LogP contribution in [-0.2, 0) is 15.1 Å². The number of aliphatic hydroxyl groups excluding tert-OH is 2. The molecule has 1 fully saturated rings. The van der Waals surface area contributed by atoms with Gasteiger partial charge in [-0.15, -0.1) is 0 Å². The zero-order valence-corrected chi connectivity index (χ0v) is 16.1. The van der Waals surface area contributed by atoms with E-state index >= 15 is 0 Å². The van der Waals surface area contributed by atoms with Gasteiger partial charge in [0.05, 0.1) is 22.5 Å². The molecular formula is C21H20N4O5. The molecule has 0 unspecified atom stereocenters. The Balaban J connectivity index is 1.58. The number of rotatable bonds is 4. The van der Waals surface area contributed by atoms with E-state index in [4.69, 9.17) is 15.2 Å². The molecule has 4 atom stereocenters. The minimum absolute atomic E-state index is 0.214. The van der Waals surface area contributed by atoms with Crippen molar-refractivity contribution in [3.05, 3.63) is 65.5 Å². The Morgan fingerprint density at radius 1 is 1.30 bits per heavy atom. The van der Waals surface area contributed by atoms with E-state index in [0.29, 0.717) is 16.8 Å². The number of aromatic nitrogens is 2. The highest BCUT2D eigenvalue weighted by Gasteiger charge is 2.57. The van der Waals surface area contributed by atoms with Gasteiger partial charge in [-0.1, -0.05) is 17.7 Å². The lowest BCUT2D eigenvalue weighted by atomic mass is 9.92. The van der Waals surface area contributed by atoms with Gasteiger partial charge < -0.3 is 25.4 Å². The van der Waals surface area contributed by atoms with Crippen molar-refractivity contribution in [2.24, 2.45) is 0 Å². The highest BCUT2D eigenvalue weighted by molar-refractivity contribution is 5.89. The molecule has 3 heterocycles. The Morgan fingerprint density at radius 3 is 2.73 bits per heavy atom. The number of carbonyl (C=O) groups excluding carboxylic acids is 1. The quantitative estimate of drug-likeness (QED) is 0.541. The van der Waals surface area contributed by atoms with Crippen LogP contribution in [0.5, 0.6) is 0 Å². The molecule has 2 aromatic heterocycles. The molecule has 154 valence electrons. The third-order valence-corrected chi connectivity index (χ3v) is 5.26. The van der Waals surface area contributed by atoms with Gasteiger partial charge in [0.15, 0.2) is 0 Å². The van der Waals surface area contributed by atoms with Gasteiger partial charge in [0, 0.05) is 6.20 Å². The zero-order valence-electron chi connectivity index (χ0n) is 16.1. The average molecular weight is 408 g/mol. The van der Waals surface area contributed by atoms with Crippen molar-refractivity contribution >= 4 is 17.2 Å². The van der Waals surface area contributed by atoms with Gasteiger partial charge in [0.2, 0.25) is 5.60 Å². The van der Waals surface area contributed by atoms with Gasteiger partial charge in [-0.2, -0.15) is 10.4 Å². The summed E-state index contributed by atoms with van der Waals surface area (Å²) in [6.45, 7) is 1.56. The van der Waals surface area contributed by atoms with E-state index in [9.17, 15) is 20.3 Å². The van der Waals surface area contributed by atoms with Gasteiger partial charge in [-0.05, 0) is 37.3 Å². The maximum atomic E-state index is 12.3. The summed E-state index contributed by atoms with van der Waals surface area (Å²) in [5.74, 6) is -0.600. The molecule has 0 radical (unpaired) electrons. The number of esters is 1. The van der Waals surface area contributed by atoms with Gasteiger partial charge in [-0.25, -0.2) is 9.31 Å². The summed E-state index contributed by atoms with van der Waals surface area (Å²) >= 11 is 0. The Bertz CT molecular complexity index is 1140. The number of nitriles is 1. The molecule has 30 heavy (non-hydrogen) atoms. The molecule has 4 rings (SSSR count). The first kappa shape index (κ1) is 19.8. The number of carbonyl (C=O) groups is 1. The number of ether oxygens (including phenoxy) is 2. The van der Waals surface area contributed by atoms with Crippen molar-refractivity contribution in [1.82, 2.24) is 9.61 Å². The standard InChI is InChI=1S/C21H20N4O5/c1-12-2-4-13(5-3-12)20(28)29-10-16-18(26)19(27)21(11-22,30-16)17-7-6-15-14(23)8-9-24-25(15)17/h2-9,16,18-19,26-27H,10,23H2,1H3/t16-,18-,19-,21+/m1/s1. The summed E-state index contributed by atoms with van der Waals surface area (Å²) in [6, 6.07) is 13.6. The molecule has 0 amide bonds. The molecule has 1 aromatic carbocycles. The minimum Gasteiger partial charge on any atom is -0.459 e. The number of nitrogens with two attached hydrogens (primary N) is 1. The summed E-state index contributed by atoms with van der Waals surface area (Å²) in [5, 5.41) is 35.2. The van der Waals surface area contributed by atoms with Crippen LogP contribution in [0.15, 0.2) is 48.7 Å². The first-order chi connectivity index (χ1) is 14.4. The molecule has 0 saturated carbocycles. The van der Waals surface area contributed by atoms with Gasteiger partial charge in [-0.3, -0.25) is 0 Å². The van der Waals surface area contributed by atoms with Gasteiger partial charge in [0.1, 0.15) is 31.0 Å². The van der Waals surface area contributed by atoms with Crippen LogP contribution >= 0.6 is 0 Å². The Kier molecular flexibility index (Phi) is 4.91.